The van der Waals surface area contributed by atoms with Crippen LogP contribution in [0.15, 0.2) is 42.5 Å². The maximum absolute atomic E-state index is 13.4. The van der Waals surface area contributed by atoms with E-state index < -0.39 is 0 Å². The molecule has 7 nitrogen and oxygen atoms in total. The number of ether oxygens (including phenoxy) is 3. The Bertz CT molecular complexity index is 1100. The number of rotatable bonds is 5. The van der Waals surface area contributed by atoms with Gasteiger partial charge in [-0.1, -0.05) is 12.1 Å². The predicted octanol–water partition coefficient (Wildman–Crippen LogP) is 3.65. The van der Waals surface area contributed by atoms with Crippen molar-refractivity contribution in [1.29, 1.82) is 0 Å². The Morgan fingerprint density at radius 3 is 2.48 bits per heavy atom. The molecule has 0 atom stereocenters. The third-order valence-corrected chi connectivity index (χ3v) is 5.50. The van der Waals surface area contributed by atoms with Crippen LogP contribution in [-0.2, 0) is 4.74 Å². The van der Waals surface area contributed by atoms with Crippen LogP contribution in [0.2, 0.25) is 0 Å². The minimum atomic E-state index is -0.0598. The first kappa shape index (κ1) is 20.9. The van der Waals surface area contributed by atoms with E-state index in [9.17, 15) is 4.79 Å². The Balaban J connectivity index is 1.86. The van der Waals surface area contributed by atoms with Crippen molar-refractivity contribution in [2.75, 3.05) is 40.5 Å². The zero-order chi connectivity index (χ0) is 22.0. The minimum Gasteiger partial charge on any atom is -0.497 e. The van der Waals surface area contributed by atoms with Gasteiger partial charge in [-0.3, -0.25) is 4.79 Å². The number of hydrogen-bond donors (Lipinski definition) is 0. The summed E-state index contributed by atoms with van der Waals surface area (Å²) in [5.41, 5.74) is 5.00. The summed E-state index contributed by atoms with van der Waals surface area (Å²) in [5.74, 6) is 1.27. The maximum Gasteiger partial charge on any atom is 0.272 e. The predicted molar refractivity (Wildman–Crippen MR) is 118 cm³/mol. The van der Waals surface area contributed by atoms with Gasteiger partial charge in [0.2, 0.25) is 0 Å². The number of morpholine rings is 1. The van der Waals surface area contributed by atoms with Crippen molar-refractivity contribution in [2.24, 2.45) is 0 Å². The van der Waals surface area contributed by atoms with E-state index in [0.29, 0.717) is 49.2 Å². The zero-order valence-corrected chi connectivity index (χ0v) is 18.3. The van der Waals surface area contributed by atoms with Crippen molar-refractivity contribution in [3.05, 3.63) is 59.3 Å². The molecule has 0 N–H and O–H groups in total. The highest BCUT2D eigenvalue weighted by Gasteiger charge is 2.25. The molecule has 1 aromatic heterocycles. The van der Waals surface area contributed by atoms with Crippen LogP contribution in [0.5, 0.6) is 11.5 Å². The van der Waals surface area contributed by atoms with Crippen LogP contribution < -0.4 is 9.47 Å². The molecule has 0 bridgehead atoms. The lowest BCUT2D eigenvalue weighted by atomic mass is 10.1. The van der Waals surface area contributed by atoms with Crippen molar-refractivity contribution in [3.8, 4) is 28.4 Å². The normalized spacial score (nSPS) is 13.9. The van der Waals surface area contributed by atoms with Crippen LogP contribution in [-0.4, -0.2) is 61.1 Å². The number of amides is 1. The molecule has 1 amide bonds. The quantitative estimate of drug-likeness (QED) is 0.629. The van der Waals surface area contributed by atoms with Gasteiger partial charge in [0.05, 0.1) is 38.8 Å². The largest absolute Gasteiger partial charge is 0.497 e. The Morgan fingerprint density at radius 2 is 1.77 bits per heavy atom. The Hall–Kier alpha value is -3.32. The van der Waals surface area contributed by atoms with Gasteiger partial charge < -0.3 is 19.1 Å². The molecule has 7 heteroatoms. The van der Waals surface area contributed by atoms with Crippen molar-refractivity contribution in [2.45, 2.75) is 13.8 Å². The van der Waals surface area contributed by atoms with E-state index in [0.717, 1.165) is 22.4 Å². The molecule has 1 fully saturated rings. The molecule has 2 heterocycles. The molecule has 1 saturated heterocycles. The smallest absolute Gasteiger partial charge is 0.272 e. The molecule has 4 rings (SSSR count). The first-order valence-corrected chi connectivity index (χ1v) is 10.3. The van der Waals surface area contributed by atoms with E-state index in [1.54, 1.807) is 18.9 Å². The zero-order valence-electron chi connectivity index (χ0n) is 18.3. The van der Waals surface area contributed by atoms with Gasteiger partial charge in [0.25, 0.3) is 5.91 Å². The third-order valence-electron chi connectivity index (χ3n) is 5.50. The topological polar surface area (TPSA) is 65.8 Å². The van der Waals surface area contributed by atoms with Crippen LogP contribution in [0.1, 0.15) is 21.6 Å². The molecular formula is C24H27N3O4. The number of aromatic nitrogens is 2. The number of aryl methyl sites for hydroxylation is 2. The van der Waals surface area contributed by atoms with Crippen LogP contribution in [0.3, 0.4) is 0 Å². The van der Waals surface area contributed by atoms with E-state index >= 15 is 0 Å². The number of nitrogens with zero attached hydrogens (tertiary/aromatic N) is 3. The molecule has 162 valence electrons. The number of carbonyl (C=O) groups is 1. The molecule has 1 aliphatic rings. The maximum atomic E-state index is 13.4. The summed E-state index contributed by atoms with van der Waals surface area (Å²) >= 11 is 0. The fourth-order valence-electron chi connectivity index (χ4n) is 3.73. The first-order valence-electron chi connectivity index (χ1n) is 10.3. The van der Waals surface area contributed by atoms with Crippen molar-refractivity contribution in [3.63, 3.8) is 0 Å². The molecule has 0 spiro atoms. The van der Waals surface area contributed by atoms with Crippen LogP contribution in [0.4, 0.5) is 0 Å². The number of hydrogen-bond acceptors (Lipinski definition) is 5. The van der Waals surface area contributed by atoms with Gasteiger partial charge in [-0.15, -0.1) is 0 Å². The standard InChI is InChI=1S/C24H27N3O4/c1-16-5-6-17(2)21(13-16)27-22(24(28)26-9-11-31-12-10-26)15-20(25-27)19-8-7-18(29-3)14-23(19)30-4/h5-8,13-15H,9-12H2,1-4H3. The Morgan fingerprint density at radius 1 is 1.00 bits per heavy atom. The van der Waals surface area contributed by atoms with E-state index in [2.05, 4.69) is 6.07 Å². The molecule has 1 aliphatic heterocycles. The van der Waals surface area contributed by atoms with Gasteiger partial charge in [-0.05, 0) is 49.2 Å². The second-order valence-electron chi connectivity index (χ2n) is 7.59. The summed E-state index contributed by atoms with van der Waals surface area (Å²) in [5, 5.41) is 4.85. The highest BCUT2D eigenvalue weighted by Crippen LogP contribution is 2.34. The van der Waals surface area contributed by atoms with Gasteiger partial charge in [0.1, 0.15) is 17.2 Å². The van der Waals surface area contributed by atoms with Crippen LogP contribution >= 0.6 is 0 Å². The summed E-state index contributed by atoms with van der Waals surface area (Å²) < 4.78 is 18.1. The van der Waals surface area contributed by atoms with Crippen molar-refractivity contribution in [1.82, 2.24) is 14.7 Å². The molecule has 3 aromatic rings. The van der Waals surface area contributed by atoms with E-state index in [-0.39, 0.29) is 5.91 Å². The number of methoxy groups -OCH3 is 2. The minimum absolute atomic E-state index is 0.0598. The summed E-state index contributed by atoms with van der Waals surface area (Å²) in [6.07, 6.45) is 0. The van der Waals surface area contributed by atoms with Crippen molar-refractivity contribution < 1.29 is 19.0 Å². The summed E-state index contributed by atoms with van der Waals surface area (Å²) in [7, 11) is 3.22. The van der Waals surface area contributed by atoms with Crippen molar-refractivity contribution >= 4 is 5.91 Å². The second kappa shape index (κ2) is 8.81. The summed E-state index contributed by atoms with van der Waals surface area (Å²) in [6, 6.07) is 13.6. The Kier molecular flexibility index (Phi) is 5.95. The first-order chi connectivity index (χ1) is 15.0. The fraction of sp³-hybridized carbons (Fsp3) is 0.333. The number of carbonyl (C=O) groups excluding carboxylic acids is 1. The molecule has 0 saturated carbocycles. The van der Waals surface area contributed by atoms with Gasteiger partial charge in [-0.2, -0.15) is 5.10 Å². The molecule has 0 unspecified atom stereocenters. The van der Waals surface area contributed by atoms with E-state index in [1.807, 2.05) is 55.1 Å². The lowest BCUT2D eigenvalue weighted by Crippen LogP contribution is -2.41. The monoisotopic (exact) mass is 421 g/mol. The van der Waals surface area contributed by atoms with Gasteiger partial charge in [0.15, 0.2) is 0 Å². The van der Waals surface area contributed by atoms with Gasteiger partial charge >= 0.3 is 0 Å². The van der Waals surface area contributed by atoms with E-state index in [4.69, 9.17) is 19.3 Å². The average molecular weight is 421 g/mol. The molecule has 0 aliphatic carbocycles. The molecule has 2 aromatic carbocycles. The van der Waals surface area contributed by atoms with Crippen LogP contribution in [0.25, 0.3) is 16.9 Å². The van der Waals surface area contributed by atoms with Gasteiger partial charge in [0, 0.05) is 24.7 Å². The lowest BCUT2D eigenvalue weighted by Gasteiger charge is -2.27. The average Bonchev–Trinajstić information content (AvgIpc) is 3.25. The van der Waals surface area contributed by atoms with Gasteiger partial charge in [-0.25, -0.2) is 4.68 Å². The van der Waals surface area contributed by atoms with E-state index in [1.165, 1.54) is 0 Å². The third kappa shape index (κ3) is 4.14. The molecule has 31 heavy (non-hydrogen) atoms. The second-order valence-corrected chi connectivity index (χ2v) is 7.59. The number of benzene rings is 2. The van der Waals surface area contributed by atoms with Crippen LogP contribution in [0, 0.1) is 13.8 Å². The fourth-order valence-corrected chi connectivity index (χ4v) is 3.73. The lowest BCUT2D eigenvalue weighted by molar-refractivity contribution is 0.0297. The summed E-state index contributed by atoms with van der Waals surface area (Å²) in [6.45, 7) is 6.28. The molecule has 0 radical (unpaired) electrons. The SMILES string of the molecule is COc1ccc(-c2cc(C(=O)N3CCOCC3)n(-c3cc(C)ccc3C)n2)c(OC)c1. The highest BCUT2D eigenvalue weighted by molar-refractivity contribution is 5.94. The Labute approximate surface area is 182 Å². The summed E-state index contributed by atoms with van der Waals surface area (Å²) in [4.78, 5) is 15.3. The molecular weight excluding hydrogens is 394 g/mol. The highest BCUT2D eigenvalue weighted by atomic mass is 16.5.